The molecule has 4 rings (SSSR count). The van der Waals surface area contributed by atoms with Crippen LogP contribution in [0.3, 0.4) is 0 Å². The first-order valence-corrected chi connectivity index (χ1v) is 8.40. The number of hydrogen-bond acceptors (Lipinski definition) is 4. The molecule has 0 aliphatic carbocycles. The molecule has 0 radical (unpaired) electrons. The molecular weight excluding hydrogens is 414 g/mol. The fourth-order valence-corrected chi connectivity index (χ4v) is 2.70. The Labute approximate surface area is 165 Å². The standard InChI is InChI=1S/C20H10F6N2O2/c21-19(22,23)12-7-11(8-13(9-12)20(24,25)26)5-6-14-10-17-18(28-27-14)30-16-4-2-1-3-15(16)29-17/h1-10H/b6-5+. The Kier molecular flexibility index (Phi) is 4.64. The Morgan fingerprint density at radius 3 is 1.87 bits per heavy atom. The molecule has 30 heavy (non-hydrogen) atoms. The van der Waals surface area contributed by atoms with E-state index in [4.69, 9.17) is 9.47 Å². The average Bonchev–Trinajstić information content (AvgIpc) is 2.69. The number of halogens is 6. The highest BCUT2D eigenvalue weighted by Gasteiger charge is 2.36. The highest BCUT2D eigenvalue weighted by molar-refractivity contribution is 5.70. The molecule has 2 heterocycles. The second-order valence-corrected chi connectivity index (χ2v) is 6.26. The quantitative estimate of drug-likeness (QED) is 0.341. The van der Waals surface area contributed by atoms with Crippen molar-refractivity contribution in [3.63, 3.8) is 0 Å². The van der Waals surface area contributed by atoms with E-state index in [0.29, 0.717) is 23.6 Å². The molecule has 2 aromatic carbocycles. The van der Waals surface area contributed by atoms with Gasteiger partial charge in [-0.15, -0.1) is 10.2 Å². The summed E-state index contributed by atoms with van der Waals surface area (Å²) in [5.74, 6) is 1.17. The molecule has 4 nitrogen and oxygen atoms in total. The zero-order valence-corrected chi connectivity index (χ0v) is 14.8. The number of hydrogen-bond donors (Lipinski definition) is 0. The first kappa shape index (κ1) is 19.7. The van der Waals surface area contributed by atoms with Crippen molar-refractivity contribution in [3.05, 3.63) is 70.9 Å². The lowest BCUT2D eigenvalue weighted by Gasteiger charge is -2.18. The van der Waals surface area contributed by atoms with E-state index in [9.17, 15) is 26.3 Å². The molecule has 0 unspecified atom stereocenters. The topological polar surface area (TPSA) is 44.2 Å². The third kappa shape index (κ3) is 4.07. The minimum Gasteiger partial charge on any atom is -0.448 e. The summed E-state index contributed by atoms with van der Waals surface area (Å²) < 4.78 is 89.0. The second-order valence-electron chi connectivity index (χ2n) is 6.26. The smallest absolute Gasteiger partial charge is 0.416 e. The van der Waals surface area contributed by atoms with E-state index in [1.165, 1.54) is 12.1 Å². The maximum Gasteiger partial charge on any atom is 0.416 e. The predicted molar refractivity (Wildman–Crippen MR) is 94.0 cm³/mol. The van der Waals surface area contributed by atoms with Crippen molar-refractivity contribution < 1.29 is 35.8 Å². The van der Waals surface area contributed by atoms with Crippen LogP contribution in [0.15, 0.2) is 48.5 Å². The van der Waals surface area contributed by atoms with Crippen LogP contribution in [0.1, 0.15) is 22.4 Å². The molecule has 0 amide bonds. The van der Waals surface area contributed by atoms with Crippen molar-refractivity contribution in [1.82, 2.24) is 10.2 Å². The minimum atomic E-state index is -4.92. The fourth-order valence-electron chi connectivity index (χ4n) is 2.70. The van der Waals surface area contributed by atoms with Crippen LogP contribution < -0.4 is 9.47 Å². The molecule has 0 N–H and O–H groups in total. The van der Waals surface area contributed by atoms with Gasteiger partial charge in [0.05, 0.1) is 16.8 Å². The summed E-state index contributed by atoms with van der Waals surface area (Å²) in [6.45, 7) is 0. The Morgan fingerprint density at radius 2 is 1.27 bits per heavy atom. The summed E-state index contributed by atoms with van der Waals surface area (Å²) in [5.41, 5.74) is -2.94. The summed E-state index contributed by atoms with van der Waals surface area (Å²) in [4.78, 5) is 0. The van der Waals surface area contributed by atoms with Crippen molar-refractivity contribution >= 4 is 12.2 Å². The normalized spacial score (nSPS) is 13.4. The van der Waals surface area contributed by atoms with E-state index in [2.05, 4.69) is 10.2 Å². The van der Waals surface area contributed by atoms with Crippen LogP contribution in [-0.2, 0) is 12.4 Å². The summed E-state index contributed by atoms with van der Waals surface area (Å²) in [5, 5.41) is 7.67. The third-order valence-corrected chi connectivity index (χ3v) is 4.08. The highest BCUT2D eigenvalue weighted by atomic mass is 19.4. The molecule has 1 aliphatic rings. The number of benzene rings is 2. The summed E-state index contributed by atoms with van der Waals surface area (Å²) in [6.07, 6.45) is -7.53. The van der Waals surface area contributed by atoms with E-state index < -0.39 is 23.5 Å². The fraction of sp³-hybridized carbons (Fsp3) is 0.100. The van der Waals surface area contributed by atoms with Gasteiger partial charge in [-0.05, 0) is 42.0 Å². The summed E-state index contributed by atoms with van der Waals surface area (Å²) >= 11 is 0. The van der Waals surface area contributed by atoms with E-state index in [-0.39, 0.29) is 29.0 Å². The van der Waals surface area contributed by atoms with Gasteiger partial charge in [0.25, 0.3) is 5.88 Å². The third-order valence-electron chi connectivity index (χ3n) is 4.08. The molecule has 1 aromatic heterocycles. The largest absolute Gasteiger partial charge is 0.448 e. The lowest BCUT2D eigenvalue weighted by Crippen LogP contribution is -2.11. The Hall–Kier alpha value is -3.56. The van der Waals surface area contributed by atoms with Crippen LogP contribution in [0.4, 0.5) is 26.3 Å². The van der Waals surface area contributed by atoms with Crippen molar-refractivity contribution in [2.24, 2.45) is 0 Å². The average molecular weight is 424 g/mol. The first-order chi connectivity index (χ1) is 14.1. The highest BCUT2D eigenvalue weighted by Crippen LogP contribution is 2.43. The van der Waals surface area contributed by atoms with Crippen LogP contribution in [-0.4, -0.2) is 10.2 Å². The van der Waals surface area contributed by atoms with Gasteiger partial charge in [0, 0.05) is 6.07 Å². The van der Waals surface area contributed by atoms with Crippen LogP contribution in [0.5, 0.6) is 23.1 Å². The Bertz CT molecular complexity index is 1110. The predicted octanol–water partition coefficient (Wildman–Crippen LogP) is 6.58. The molecule has 0 bridgehead atoms. The maximum atomic E-state index is 13.0. The van der Waals surface area contributed by atoms with E-state index in [0.717, 1.165) is 6.08 Å². The minimum absolute atomic E-state index is 0.0681. The van der Waals surface area contributed by atoms with Gasteiger partial charge in [-0.25, -0.2) is 0 Å². The number of aromatic nitrogens is 2. The van der Waals surface area contributed by atoms with Gasteiger partial charge in [-0.1, -0.05) is 18.2 Å². The Morgan fingerprint density at radius 1 is 0.667 bits per heavy atom. The zero-order chi connectivity index (χ0) is 21.5. The van der Waals surface area contributed by atoms with Crippen molar-refractivity contribution in [2.45, 2.75) is 12.4 Å². The monoisotopic (exact) mass is 424 g/mol. The van der Waals surface area contributed by atoms with Crippen LogP contribution in [0.25, 0.3) is 12.2 Å². The van der Waals surface area contributed by atoms with Crippen LogP contribution in [0, 0.1) is 0 Å². The van der Waals surface area contributed by atoms with Gasteiger partial charge < -0.3 is 9.47 Å². The molecule has 154 valence electrons. The number of nitrogens with zero attached hydrogens (tertiary/aromatic N) is 2. The molecule has 0 saturated carbocycles. The van der Waals surface area contributed by atoms with Gasteiger partial charge in [0.15, 0.2) is 17.2 Å². The zero-order valence-electron chi connectivity index (χ0n) is 14.8. The molecule has 0 atom stereocenters. The van der Waals surface area contributed by atoms with Gasteiger partial charge >= 0.3 is 12.4 Å². The SMILES string of the molecule is FC(F)(F)c1cc(/C=C/c2cc3c(nn2)Oc2ccccc2O3)cc(C(F)(F)F)c1. The van der Waals surface area contributed by atoms with E-state index in [1.54, 1.807) is 24.3 Å². The van der Waals surface area contributed by atoms with Crippen molar-refractivity contribution in [2.75, 3.05) is 0 Å². The van der Waals surface area contributed by atoms with Gasteiger partial charge in [0.1, 0.15) is 0 Å². The molecule has 10 heteroatoms. The Balaban J connectivity index is 1.65. The van der Waals surface area contributed by atoms with Gasteiger partial charge in [-0.3, -0.25) is 0 Å². The molecule has 0 spiro atoms. The number of alkyl halides is 6. The lowest BCUT2D eigenvalue weighted by molar-refractivity contribution is -0.143. The lowest BCUT2D eigenvalue weighted by atomic mass is 10.0. The van der Waals surface area contributed by atoms with Crippen LogP contribution in [0.2, 0.25) is 0 Å². The van der Waals surface area contributed by atoms with Crippen molar-refractivity contribution in [1.29, 1.82) is 0 Å². The molecule has 1 aliphatic heterocycles. The molecule has 0 saturated heterocycles. The van der Waals surface area contributed by atoms with Gasteiger partial charge in [0.2, 0.25) is 0 Å². The first-order valence-electron chi connectivity index (χ1n) is 8.40. The van der Waals surface area contributed by atoms with Crippen molar-refractivity contribution in [3.8, 4) is 23.1 Å². The number of fused-ring (bicyclic) bond motifs is 2. The number of ether oxygens (including phenoxy) is 2. The summed E-state index contributed by atoms with van der Waals surface area (Å²) in [6, 6.07) is 9.51. The van der Waals surface area contributed by atoms with Crippen LogP contribution >= 0.6 is 0 Å². The van der Waals surface area contributed by atoms with Gasteiger partial charge in [-0.2, -0.15) is 26.3 Å². The van der Waals surface area contributed by atoms with E-state index in [1.807, 2.05) is 0 Å². The summed E-state index contributed by atoms with van der Waals surface area (Å²) in [7, 11) is 0. The second kappa shape index (κ2) is 7.05. The number of para-hydroxylation sites is 2. The number of rotatable bonds is 2. The maximum absolute atomic E-state index is 13.0. The molecule has 0 fully saturated rings. The molecule has 3 aromatic rings. The van der Waals surface area contributed by atoms with E-state index >= 15 is 0 Å². The molecular formula is C20H10F6N2O2.